The summed E-state index contributed by atoms with van der Waals surface area (Å²) < 4.78 is 0. The van der Waals surface area contributed by atoms with Crippen molar-refractivity contribution in [1.82, 2.24) is 15.5 Å². The Morgan fingerprint density at radius 1 is 0.909 bits per heavy atom. The van der Waals surface area contributed by atoms with Crippen LogP contribution in [0.25, 0.3) is 0 Å². The topological polar surface area (TPSA) is 44.4 Å². The second-order valence-electron chi connectivity index (χ2n) is 9.35. The van der Waals surface area contributed by atoms with E-state index >= 15 is 0 Å². The number of rotatable bonds is 14. The van der Waals surface area contributed by atoms with Crippen LogP contribution in [0.4, 0.5) is 0 Å². The number of unbranched alkanes of at least 4 members (excludes halogenated alkanes) is 4. The zero-order chi connectivity index (χ0) is 23.3. The Labute approximate surface area is 201 Å². The molecule has 0 unspecified atom stereocenters. The molecule has 0 spiro atoms. The summed E-state index contributed by atoms with van der Waals surface area (Å²) in [5.74, 6) is 0.129. The van der Waals surface area contributed by atoms with Crippen LogP contribution in [0.3, 0.4) is 0 Å². The first-order valence-corrected chi connectivity index (χ1v) is 13.1. The lowest BCUT2D eigenvalue weighted by Crippen LogP contribution is -2.47. The van der Waals surface area contributed by atoms with E-state index in [2.05, 4.69) is 90.0 Å². The van der Waals surface area contributed by atoms with E-state index in [4.69, 9.17) is 0 Å². The van der Waals surface area contributed by atoms with Crippen LogP contribution in [0.15, 0.2) is 60.7 Å². The van der Waals surface area contributed by atoms with Gasteiger partial charge in [-0.05, 0) is 56.4 Å². The van der Waals surface area contributed by atoms with Gasteiger partial charge in [-0.15, -0.1) is 0 Å². The molecule has 2 aromatic rings. The Balaban J connectivity index is 1.97. The van der Waals surface area contributed by atoms with Crippen LogP contribution in [0, 0.1) is 0 Å². The summed E-state index contributed by atoms with van der Waals surface area (Å²) in [4.78, 5) is 16.0. The lowest BCUT2D eigenvalue weighted by Gasteiger charge is -2.39. The molecule has 0 aromatic heterocycles. The predicted octanol–water partition coefficient (Wildman–Crippen LogP) is 6.02. The maximum atomic E-state index is 13.3. The Bertz CT molecular complexity index is 779. The Hall–Kier alpha value is -2.17. The molecule has 3 atom stereocenters. The molecule has 0 saturated carbocycles. The van der Waals surface area contributed by atoms with Gasteiger partial charge in [0.15, 0.2) is 0 Å². The molecule has 1 amide bonds. The van der Waals surface area contributed by atoms with Crippen molar-refractivity contribution in [2.24, 2.45) is 0 Å². The normalized spacial score (nSPS) is 17.7. The van der Waals surface area contributed by atoms with Crippen LogP contribution in [-0.2, 0) is 4.79 Å². The number of hydrogen-bond acceptors (Lipinski definition) is 3. The third-order valence-corrected chi connectivity index (χ3v) is 6.78. The number of carbonyl (C=O) groups excluding carboxylic acids is 1. The van der Waals surface area contributed by atoms with E-state index in [0.29, 0.717) is 0 Å². The summed E-state index contributed by atoms with van der Waals surface area (Å²) in [7, 11) is 0. The molecular formula is C29H43N3O. The number of nitrogens with zero attached hydrogens (tertiary/aromatic N) is 1. The van der Waals surface area contributed by atoms with Gasteiger partial charge >= 0.3 is 0 Å². The zero-order valence-corrected chi connectivity index (χ0v) is 20.6. The Morgan fingerprint density at radius 3 is 2.00 bits per heavy atom. The van der Waals surface area contributed by atoms with Gasteiger partial charge in [-0.1, -0.05) is 100 Å². The highest BCUT2D eigenvalue weighted by molar-refractivity contribution is 5.82. The molecule has 0 bridgehead atoms. The number of benzene rings is 2. The highest BCUT2D eigenvalue weighted by Gasteiger charge is 2.33. The second kappa shape index (κ2) is 14.2. The largest absolute Gasteiger partial charge is 0.346 e. The number of hydrogen-bond donors (Lipinski definition) is 2. The van der Waals surface area contributed by atoms with Crippen LogP contribution in [-0.4, -0.2) is 36.5 Å². The van der Waals surface area contributed by atoms with Crippen molar-refractivity contribution in [3.05, 3.63) is 71.8 Å². The molecule has 33 heavy (non-hydrogen) atoms. The minimum absolute atomic E-state index is 0.0822. The lowest BCUT2D eigenvalue weighted by molar-refractivity contribution is -0.124. The predicted molar refractivity (Wildman–Crippen MR) is 138 cm³/mol. The summed E-state index contributed by atoms with van der Waals surface area (Å²) in [6.45, 7) is 7.56. The molecule has 1 fully saturated rings. The third-order valence-electron chi connectivity index (χ3n) is 6.78. The molecule has 2 aromatic carbocycles. The highest BCUT2D eigenvalue weighted by atomic mass is 16.2. The van der Waals surface area contributed by atoms with Crippen molar-refractivity contribution < 1.29 is 4.79 Å². The van der Waals surface area contributed by atoms with Crippen LogP contribution in [0.1, 0.15) is 88.4 Å². The third kappa shape index (κ3) is 7.68. The van der Waals surface area contributed by atoms with Crippen molar-refractivity contribution in [1.29, 1.82) is 0 Å². The Kier molecular flexibility index (Phi) is 10.9. The van der Waals surface area contributed by atoms with Gasteiger partial charge < -0.3 is 10.6 Å². The van der Waals surface area contributed by atoms with E-state index in [9.17, 15) is 4.79 Å². The first-order chi connectivity index (χ1) is 16.2. The van der Waals surface area contributed by atoms with E-state index in [0.717, 1.165) is 32.5 Å². The van der Waals surface area contributed by atoms with Gasteiger partial charge in [-0.25, -0.2) is 0 Å². The van der Waals surface area contributed by atoms with Gasteiger partial charge in [0.2, 0.25) is 5.91 Å². The summed E-state index contributed by atoms with van der Waals surface area (Å²) in [6, 6.07) is 21.3. The first-order valence-electron chi connectivity index (χ1n) is 13.1. The average molecular weight is 450 g/mol. The fraction of sp³-hybridized carbons (Fsp3) is 0.552. The SMILES string of the molecule is CCCCCN(CCCCC)[C@H](c1ccccc1)[C@H](NC(=O)[C@@H]1CCCN1)c1ccccc1. The van der Waals surface area contributed by atoms with Crippen LogP contribution in [0.2, 0.25) is 0 Å². The molecule has 180 valence electrons. The lowest BCUT2D eigenvalue weighted by atomic mass is 9.91. The highest BCUT2D eigenvalue weighted by Crippen LogP contribution is 2.35. The fourth-order valence-corrected chi connectivity index (χ4v) is 4.95. The summed E-state index contributed by atoms with van der Waals surface area (Å²) in [5, 5.41) is 6.87. The molecule has 4 nitrogen and oxygen atoms in total. The van der Waals surface area contributed by atoms with E-state index in [-0.39, 0.29) is 24.0 Å². The van der Waals surface area contributed by atoms with E-state index in [1.165, 1.54) is 49.7 Å². The van der Waals surface area contributed by atoms with Crippen LogP contribution in [0.5, 0.6) is 0 Å². The maximum Gasteiger partial charge on any atom is 0.237 e. The van der Waals surface area contributed by atoms with Crippen molar-refractivity contribution in [3.63, 3.8) is 0 Å². The summed E-state index contributed by atoms with van der Waals surface area (Å²) in [5.41, 5.74) is 2.45. The molecule has 1 heterocycles. The van der Waals surface area contributed by atoms with Gasteiger partial charge in [0.1, 0.15) is 0 Å². The van der Waals surface area contributed by atoms with Crippen LogP contribution >= 0.6 is 0 Å². The maximum absolute atomic E-state index is 13.3. The molecule has 2 N–H and O–H groups in total. The minimum atomic E-state index is -0.0910. The number of nitrogens with one attached hydrogen (secondary N) is 2. The molecule has 4 heteroatoms. The van der Waals surface area contributed by atoms with Crippen LogP contribution < -0.4 is 10.6 Å². The van der Waals surface area contributed by atoms with Crippen molar-refractivity contribution in [2.45, 2.75) is 83.3 Å². The number of amides is 1. The van der Waals surface area contributed by atoms with Gasteiger partial charge in [0.05, 0.1) is 18.1 Å². The Morgan fingerprint density at radius 2 is 1.48 bits per heavy atom. The molecule has 3 rings (SSSR count). The second-order valence-corrected chi connectivity index (χ2v) is 9.35. The van der Waals surface area contributed by atoms with Crippen molar-refractivity contribution in [2.75, 3.05) is 19.6 Å². The van der Waals surface area contributed by atoms with E-state index in [1.807, 2.05) is 0 Å². The van der Waals surface area contributed by atoms with Crippen molar-refractivity contribution >= 4 is 5.91 Å². The number of carbonyl (C=O) groups is 1. The van der Waals surface area contributed by atoms with Gasteiger partial charge in [0, 0.05) is 0 Å². The van der Waals surface area contributed by atoms with Gasteiger partial charge in [-0.2, -0.15) is 0 Å². The van der Waals surface area contributed by atoms with Gasteiger partial charge in [-0.3, -0.25) is 9.69 Å². The molecule has 1 aliphatic heterocycles. The standard InChI is InChI=1S/C29H43N3O/c1-3-5-13-22-32(23-14-6-4-2)28(25-18-11-8-12-19-25)27(24-16-9-7-10-17-24)31-29(33)26-20-15-21-30-26/h7-12,16-19,26-28,30H,3-6,13-15,20-23H2,1-2H3,(H,31,33)/t26-,27+,28+/m0/s1. The monoisotopic (exact) mass is 449 g/mol. The first kappa shape index (κ1) is 25.5. The quantitative estimate of drug-likeness (QED) is 0.347. The average Bonchev–Trinajstić information content (AvgIpc) is 3.40. The molecule has 1 saturated heterocycles. The van der Waals surface area contributed by atoms with Crippen molar-refractivity contribution in [3.8, 4) is 0 Å². The molecule has 0 radical (unpaired) electrons. The minimum Gasteiger partial charge on any atom is -0.346 e. The van der Waals surface area contributed by atoms with Gasteiger partial charge in [0.25, 0.3) is 0 Å². The summed E-state index contributed by atoms with van der Waals surface area (Å²) in [6.07, 6.45) is 9.25. The van der Waals surface area contributed by atoms with E-state index < -0.39 is 0 Å². The summed E-state index contributed by atoms with van der Waals surface area (Å²) >= 11 is 0. The fourth-order valence-electron chi connectivity index (χ4n) is 4.95. The molecule has 0 aliphatic carbocycles. The zero-order valence-electron chi connectivity index (χ0n) is 20.6. The smallest absolute Gasteiger partial charge is 0.237 e. The molecule has 1 aliphatic rings. The van der Waals surface area contributed by atoms with E-state index in [1.54, 1.807) is 0 Å². The molecular weight excluding hydrogens is 406 g/mol.